The molecule has 0 bridgehead atoms. The van der Waals surface area contributed by atoms with Crippen molar-refractivity contribution in [3.63, 3.8) is 0 Å². The highest BCUT2D eigenvalue weighted by Gasteiger charge is 2.32. The van der Waals surface area contributed by atoms with E-state index in [4.69, 9.17) is 17.3 Å². The Balaban J connectivity index is 2.59. The Morgan fingerprint density at radius 2 is 1.95 bits per heavy atom. The van der Waals surface area contributed by atoms with Crippen molar-refractivity contribution >= 4 is 17.2 Å². The van der Waals surface area contributed by atoms with Crippen LogP contribution >= 0.6 is 11.6 Å². The van der Waals surface area contributed by atoms with Gasteiger partial charge in [0, 0.05) is 12.2 Å². The van der Waals surface area contributed by atoms with Gasteiger partial charge in [0.1, 0.15) is 0 Å². The first kappa shape index (κ1) is 16.1. The Bertz CT molecular complexity index is 632. The van der Waals surface area contributed by atoms with Gasteiger partial charge in [-0.3, -0.25) is 0 Å². The third kappa shape index (κ3) is 3.01. The van der Waals surface area contributed by atoms with Crippen molar-refractivity contribution in [2.45, 2.75) is 38.9 Å². The van der Waals surface area contributed by atoms with Crippen LogP contribution < -0.4 is 5.73 Å². The van der Waals surface area contributed by atoms with E-state index in [1.807, 2.05) is 13.8 Å². The molecule has 7 heteroatoms. The van der Waals surface area contributed by atoms with E-state index in [0.717, 1.165) is 25.1 Å². The van der Waals surface area contributed by atoms with Crippen molar-refractivity contribution in [3.8, 4) is 0 Å². The largest absolute Gasteiger partial charge is 0.417 e. The van der Waals surface area contributed by atoms with Crippen LogP contribution in [-0.4, -0.2) is 9.38 Å². The van der Waals surface area contributed by atoms with Gasteiger partial charge < -0.3 is 10.1 Å². The number of hydrogen-bond acceptors (Lipinski definition) is 2. The van der Waals surface area contributed by atoms with Crippen molar-refractivity contribution in [2.75, 3.05) is 0 Å². The minimum Gasteiger partial charge on any atom is -0.322 e. The van der Waals surface area contributed by atoms with E-state index >= 15 is 0 Å². The zero-order chi connectivity index (χ0) is 15.8. The fraction of sp³-hybridized carbons (Fsp3) is 0.500. The Labute approximate surface area is 125 Å². The van der Waals surface area contributed by atoms with E-state index < -0.39 is 11.7 Å². The van der Waals surface area contributed by atoms with Crippen LogP contribution in [0.4, 0.5) is 13.2 Å². The van der Waals surface area contributed by atoms with Crippen LogP contribution in [0.15, 0.2) is 18.5 Å². The maximum Gasteiger partial charge on any atom is 0.417 e. The lowest BCUT2D eigenvalue weighted by molar-refractivity contribution is -0.137. The van der Waals surface area contributed by atoms with Crippen LogP contribution in [-0.2, 0) is 6.18 Å². The summed E-state index contributed by atoms with van der Waals surface area (Å²) in [6.07, 6.45) is -0.260. The molecule has 0 fully saturated rings. The molecule has 0 amide bonds. The minimum absolute atomic E-state index is 0.0344. The topological polar surface area (TPSA) is 43.3 Å². The van der Waals surface area contributed by atoms with E-state index in [0.29, 0.717) is 11.3 Å². The average Bonchev–Trinajstić information content (AvgIpc) is 2.83. The fourth-order valence-electron chi connectivity index (χ4n) is 2.50. The molecule has 0 saturated carbocycles. The number of halogens is 4. The Morgan fingerprint density at radius 3 is 2.48 bits per heavy atom. The van der Waals surface area contributed by atoms with E-state index in [1.165, 1.54) is 10.6 Å². The molecule has 0 saturated heterocycles. The molecule has 0 spiro atoms. The maximum absolute atomic E-state index is 12.9. The lowest BCUT2D eigenvalue weighted by atomic mass is 9.93. The van der Waals surface area contributed by atoms with Crippen molar-refractivity contribution in [2.24, 2.45) is 11.7 Å². The zero-order valence-corrected chi connectivity index (χ0v) is 12.5. The van der Waals surface area contributed by atoms with Crippen molar-refractivity contribution < 1.29 is 13.2 Å². The Hall–Kier alpha value is -1.27. The van der Waals surface area contributed by atoms with E-state index in [1.54, 1.807) is 0 Å². The maximum atomic E-state index is 12.9. The molecule has 0 aromatic carbocycles. The number of alkyl halides is 3. The van der Waals surface area contributed by atoms with Crippen molar-refractivity contribution in [3.05, 3.63) is 34.7 Å². The second-order valence-corrected chi connectivity index (χ2v) is 5.46. The normalized spacial score (nSPS) is 14.1. The van der Waals surface area contributed by atoms with Gasteiger partial charge in [-0.25, -0.2) is 4.98 Å². The number of hydrogen-bond donors (Lipinski definition) is 1. The standard InChI is InChI=1S/C14H17ClF3N3/c1-3-8(4-2)12(19)11-6-20-13-10(15)5-9(7-21(11)13)14(16,17)18/h5-8,12H,3-4,19H2,1-2H3. The molecule has 21 heavy (non-hydrogen) atoms. The van der Waals surface area contributed by atoms with Gasteiger partial charge in [-0.1, -0.05) is 38.3 Å². The summed E-state index contributed by atoms with van der Waals surface area (Å²) < 4.78 is 40.1. The molecule has 2 aromatic heterocycles. The number of nitrogens with zero attached hydrogens (tertiary/aromatic N) is 2. The lowest BCUT2D eigenvalue weighted by Gasteiger charge is -2.21. The minimum atomic E-state index is -4.46. The molecule has 1 atom stereocenters. The van der Waals surface area contributed by atoms with Gasteiger partial charge in [0.15, 0.2) is 5.65 Å². The first-order chi connectivity index (χ1) is 9.79. The van der Waals surface area contributed by atoms with Crippen LogP contribution in [0.3, 0.4) is 0 Å². The predicted octanol–water partition coefficient (Wildman–Crippen LogP) is 4.44. The first-order valence-corrected chi connectivity index (χ1v) is 7.16. The van der Waals surface area contributed by atoms with E-state index in [-0.39, 0.29) is 17.0 Å². The van der Waals surface area contributed by atoms with E-state index in [9.17, 15) is 13.2 Å². The second-order valence-electron chi connectivity index (χ2n) is 5.05. The molecule has 0 aliphatic rings. The van der Waals surface area contributed by atoms with Gasteiger partial charge in [0.2, 0.25) is 0 Å². The van der Waals surface area contributed by atoms with Crippen LogP contribution in [0.1, 0.15) is 44.0 Å². The molecule has 2 aromatic rings. The number of rotatable bonds is 4. The zero-order valence-electron chi connectivity index (χ0n) is 11.8. The van der Waals surface area contributed by atoms with Gasteiger partial charge in [-0.05, 0) is 12.0 Å². The molecule has 0 aliphatic heterocycles. The summed E-state index contributed by atoms with van der Waals surface area (Å²) >= 11 is 5.91. The molecule has 116 valence electrons. The van der Waals surface area contributed by atoms with Crippen LogP contribution in [0.25, 0.3) is 5.65 Å². The molecule has 0 radical (unpaired) electrons. The van der Waals surface area contributed by atoms with Crippen molar-refractivity contribution in [1.82, 2.24) is 9.38 Å². The summed E-state index contributed by atoms with van der Waals surface area (Å²) in [6, 6.07) is 0.505. The monoisotopic (exact) mass is 319 g/mol. The van der Waals surface area contributed by atoms with Gasteiger partial charge in [0.05, 0.1) is 22.5 Å². The lowest BCUT2D eigenvalue weighted by Crippen LogP contribution is -2.22. The number of aromatic nitrogens is 2. The molecule has 2 N–H and O–H groups in total. The van der Waals surface area contributed by atoms with Gasteiger partial charge in [-0.2, -0.15) is 13.2 Å². The van der Waals surface area contributed by atoms with Gasteiger partial charge >= 0.3 is 6.18 Å². The summed E-state index contributed by atoms with van der Waals surface area (Å²) in [5.74, 6) is 0.179. The van der Waals surface area contributed by atoms with Crippen LogP contribution in [0.2, 0.25) is 5.02 Å². The first-order valence-electron chi connectivity index (χ1n) is 6.78. The molecular formula is C14H17ClF3N3. The summed E-state index contributed by atoms with van der Waals surface area (Å²) in [4.78, 5) is 4.10. The molecule has 2 heterocycles. The number of pyridine rings is 1. The van der Waals surface area contributed by atoms with Crippen LogP contribution in [0.5, 0.6) is 0 Å². The average molecular weight is 320 g/mol. The SMILES string of the molecule is CCC(CC)C(N)c1cnc2c(Cl)cc(C(F)(F)F)cn12. The predicted molar refractivity (Wildman–Crippen MR) is 76.2 cm³/mol. The Kier molecular flexibility index (Phi) is 4.49. The molecule has 2 rings (SSSR count). The van der Waals surface area contributed by atoms with Crippen molar-refractivity contribution in [1.29, 1.82) is 0 Å². The quantitative estimate of drug-likeness (QED) is 0.905. The fourth-order valence-corrected chi connectivity index (χ4v) is 2.76. The third-order valence-electron chi connectivity index (χ3n) is 3.81. The summed E-state index contributed by atoms with van der Waals surface area (Å²) in [7, 11) is 0. The van der Waals surface area contributed by atoms with E-state index in [2.05, 4.69) is 4.98 Å². The van der Waals surface area contributed by atoms with Crippen LogP contribution in [0, 0.1) is 5.92 Å². The molecule has 1 unspecified atom stereocenters. The summed E-state index contributed by atoms with van der Waals surface area (Å²) in [5.41, 5.74) is 6.23. The highest BCUT2D eigenvalue weighted by Crippen LogP contribution is 2.34. The molecular weight excluding hydrogens is 303 g/mol. The summed E-state index contributed by atoms with van der Waals surface area (Å²) in [5, 5.41) is -0.0344. The molecule has 0 aliphatic carbocycles. The summed E-state index contributed by atoms with van der Waals surface area (Å²) in [6.45, 7) is 4.01. The molecule has 3 nitrogen and oxygen atoms in total. The van der Waals surface area contributed by atoms with Gasteiger partial charge in [0.25, 0.3) is 0 Å². The highest BCUT2D eigenvalue weighted by molar-refractivity contribution is 6.33. The number of fused-ring (bicyclic) bond motifs is 1. The number of nitrogens with two attached hydrogens (primary N) is 1. The third-order valence-corrected chi connectivity index (χ3v) is 4.09. The highest BCUT2D eigenvalue weighted by atomic mass is 35.5. The number of imidazole rings is 1. The second kappa shape index (κ2) is 5.85. The van der Waals surface area contributed by atoms with Gasteiger partial charge in [-0.15, -0.1) is 0 Å². The Morgan fingerprint density at radius 1 is 1.33 bits per heavy atom. The smallest absolute Gasteiger partial charge is 0.322 e.